The summed E-state index contributed by atoms with van der Waals surface area (Å²) in [4.78, 5) is 0. The van der Waals surface area contributed by atoms with Crippen LogP contribution in [0.3, 0.4) is 0 Å². The third-order valence-corrected chi connectivity index (χ3v) is 2.79. The lowest BCUT2D eigenvalue weighted by molar-refractivity contribution is -0.0745. The molecule has 0 aliphatic heterocycles. The molecule has 1 atom stereocenters. The lowest BCUT2D eigenvalue weighted by Gasteiger charge is -2.28. The summed E-state index contributed by atoms with van der Waals surface area (Å²) in [5.41, 5.74) is 0.108. The fourth-order valence-electron chi connectivity index (χ4n) is 1.92. The van der Waals surface area contributed by atoms with Gasteiger partial charge in [0.2, 0.25) is 0 Å². The molecule has 0 bridgehead atoms. The Kier molecular flexibility index (Phi) is 3.53. The predicted octanol–water partition coefficient (Wildman–Crippen LogP) is 2.11. The summed E-state index contributed by atoms with van der Waals surface area (Å²) in [7, 11) is 0. The van der Waals surface area contributed by atoms with Crippen molar-refractivity contribution >= 4 is 0 Å². The molecule has 2 nitrogen and oxygen atoms in total. The van der Waals surface area contributed by atoms with E-state index in [1.54, 1.807) is 6.92 Å². The zero-order chi connectivity index (χ0) is 9.03. The van der Waals surface area contributed by atoms with E-state index < -0.39 is 0 Å². The third kappa shape index (κ3) is 2.46. The fraction of sp³-hybridized carbons (Fsp3) is 1.00. The van der Waals surface area contributed by atoms with Gasteiger partial charge in [-0.15, -0.1) is 0 Å². The maximum Gasteiger partial charge on any atom is 0.0745 e. The van der Waals surface area contributed by atoms with E-state index in [9.17, 15) is 0 Å². The molecule has 0 amide bonds. The summed E-state index contributed by atoms with van der Waals surface area (Å²) in [6.07, 6.45) is 5.68. The van der Waals surface area contributed by atoms with Gasteiger partial charge in [0.15, 0.2) is 0 Å². The van der Waals surface area contributed by atoms with Gasteiger partial charge < -0.3 is 9.84 Å². The molecule has 2 heteroatoms. The van der Waals surface area contributed by atoms with Crippen molar-refractivity contribution in [1.29, 1.82) is 0 Å². The smallest absolute Gasteiger partial charge is 0.0745 e. The molecule has 0 aromatic rings. The second kappa shape index (κ2) is 4.24. The molecule has 0 spiro atoms. The molecular formula is C10H20O2. The Morgan fingerprint density at radius 3 is 2.42 bits per heavy atom. The first kappa shape index (κ1) is 10.0. The molecule has 12 heavy (non-hydrogen) atoms. The van der Waals surface area contributed by atoms with E-state index in [1.165, 1.54) is 25.7 Å². The second-order valence-electron chi connectivity index (χ2n) is 3.90. The maximum absolute atomic E-state index is 9.10. The van der Waals surface area contributed by atoms with Crippen molar-refractivity contribution in [3.05, 3.63) is 0 Å². The number of hydrogen-bond acceptors (Lipinski definition) is 2. The van der Waals surface area contributed by atoms with Crippen molar-refractivity contribution in [3.63, 3.8) is 0 Å². The summed E-state index contributed by atoms with van der Waals surface area (Å²) < 4.78 is 5.75. The summed E-state index contributed by atoms with van der Waals surface area (Å²) in [6, 6.07) is 0. The van der Waals surface area contributed by atoms with Crippen LogP contribution >= 0.6 is 0 Å². The Bertz CT molecular complexity index is 126. The predicted molar refractivity (Wildman–Crippen MR) is 49.1 cm³/mol. The highest BCUT2D eigenvalue weighted by atomic mass is 16.5. The zero-order valence-electron chi connectivity index (χ0n) is 8.18. The van der Waals surface area contributed by atoms with E-state index in [-0.39, 0.29) is 11.7 Å². The fourth-order valence-corrected chi connectivity index (χ4v) is 1.92. The maximum atomic E-state index is 9.10. The molecule has 1 fully saturated rings. The summed E-state index contributed by atoms with van der Waals surface area (Å²) >= 11 is 0. The van der Waals surface area contributed by atoms with Crippen molar-refractivity contribution in [3.8, 4) is 0 Å². The molecule has 0 aromatic heterocycles. The van der Waals surface area contributed by atoms with Crippen LogP contribution in [-0.4, -0.2) is 23.4 Å². The average molecular weight is 172 g/mol. The van der Waals surface area contributed by atoms with Gasteiger partial charge in [-0.2, -0.15) is 0 Å². The molecule has 1 unspecified atom stereocenters. The van der Waals surface area contributed by atoms with Crippen LogP contribution in [-0.2, 0) is 4.74 Å². The first-order valence-corrected chi connectivity index (χ1v) is 5.00. The normalized spacial score (nSPS) is 24.2. The topological polar surface area (TPSA) is 29.5 Å². The van der Waals surface area contributed by atoms with Gasteiger partial charge in [-0.1, -0.05) is 19.8 Å². The Morgan fingerprint density at radius 1 is 1.42 bits per heavy atom. The molecule has 1 aliphatic carbocycles. The van der Waals surface area contributed by atoms with Crippen LogP contribution in [0.25, 0.3) is 0 Å². The van der Waals surface area contributed by atoms with E-state index >= 15 is 0 Å². The van der Waals surface area contributed by atoms with Crippen LogP contribution in [0, 0.1) is 0 Å². The van der Waals surface area contributed by atoms with Gasteiger partial charge in [0, 0.05) is 0 Å². The lowest BCUT2D eigenvalue weighted by Crippen LogP contribution is -2.31. The molecule has 0 saturated heterocycles. The van der Waals surface area contributed by atoms with Crippen molar-refractivity contribution < 1.29 is 9.84 Å². The van der Waals surface area contributed by atoms with Gasteiger partial charge in [-0.3, -0.25) is 0 Å². The minimum Gasteiger partial charge on any atom is -0.391 e. The number of ether oxygens (including phenoxy) is 1. The summed E-state index contributed by atoms with van der Waals surface area (Å²) in [5.74, 6) is 0. The lowest BCUT2D eigenvalue weighted by atomic mass is 9.99. The minimum atomic E-state index is -0.325. The van der Waals surface area contributed by atoms with E-state index in [0.29, 0.717) is 6.61 Å². The first-order valence-electron chi connectivity index (χ1n) is 5.00. The van der Waals surface area contributed by atoms with Crippen LogP contribution < -0.4 is 0 Å². The largest absolute Gasteiger partial charge is 0.391 e. The van der Waals surface area contributed by atoms with Crippen LogP contribution in [0.5, 0.6) is 0 Å². The van der Waals surface area contributed by atoms with E-state index in [1.807, 2.05) is 0 Å². The van der Waals surface area contributed by atoms with Crippen LogP contribution in [0.4, 0.5) is 0 Å². The molecule has 0 radical (unpaired) electrons. The number of aliphatic hydroxyl groups excluding tert-OH is 1. The highest BCUT2D eigenvalue weighted by Gasteiger charge is 2.32. The van der Waals surface area contributed by atoms with Gasteiger partial charge >= 0.3 is 0 Å². The molecular weight excluding hydrogens is 152 g/mol. The average Bonchev–Trinajstić information content (AvgIpc) is 2.50. The SMILES string of the molecule is CCC1(OCC(C)O)CCCC1. The standard InChI is InChI=1S/C10H20O2/c1-3-10(6-4-5-7-10)12-8-9(2)11/h9,11H,3-8H2,1-2H3. The van der Waals surface area contributed by atoms with E-state index in [0.717, 1.165) is 6.42 Å². The monoisotopic (exact) mass is 172 g/mol. The highest BCUT2D eigenvalue weighted by molar-refractivity contribution is 4.85. The summed E-state index contributed by atoms with van der Waals surface area (Å²) in [6.45, 7) is 4.44. The zero-order valence-corrected chi connectivity index (χ0v) is 8.18. The Morgan fingerprint density at radius 2 is 2.00 bits per heavy atom. The Labute approximate surface area is 74.9 Å². The van der Waals surface area contributed by atoms with Gasteiger partial charge in [0.25, 0.3) is 0 Å². The van der Waals surface area contributed by atoms with Crippen LogP contribution in [0.1, 0.15) is 46.0 Å². The number of aliphatic hydroxyl groups is 1. The molecule has 72 valence electrons. The van der Waals surface area contributed by atoms with Crippen LogP contribution in [0.2, 0.25) is 0 Å². The molecule has 1 saturated carbocycles. The number of rotatable bonds is 4. The van der Waals surface area contributed by atoms with E-state index in [4.69, 9.17) is 9.84 Å². The third-order valence-electron chi connectivity index (χ3n) is 2.79. The number of hydrogen-bond donors (Lipinski definition) is 1. The highest BCUT2D eigenvalue weighted by Crippen LogP contribution is 2.35. The van der Waals surface area contributed by atoms with Crippen molar-refractivity contribution in [2.45, 2.75) is 57.7 Å². The quantitative estimate of drug-likeness (QED) is 0.703. The second-order valence-corrected chi connectivity index (χ2v) is 3.90. The Hall–Kier alpha value is -0.0800. The van der Waals surface area contributed by atoms with Gasteiger partial charge in [0.05, 0.1) is 18.3 Å². The molecule has 1 rings (SSSR count). The summed E-state index contributed by atoms with van der Waals surface area (Å²) in [5, 5.41) is 9.10. The van der Waals surface area contributed by atoms with Gasteiger partial charge in [-0.05, 0) is 26.2 Å². The van der Waals surface area contributed by atoms with E-state index in [2.05, 4.69) is 6.92 Å². The van der Waals surface area contributed by atoms with Crippen LogP contribution in [0.15, 0.2) is 0 Å². The Balaban J connectivity index is 2.34. The molecule has 0 aromatic carbocycles. The minimum absolute atomic E-state index is 0.108. The van der Waals surface area contributed by atoms with Crippen molar-refractivity contribution in [1.82, 2.24) is 0 Å². The van der Waals surface area contributed by atoms with Crippen molar-refractivity contribution in [2.75, 3.05) is 6.61 Å². The van der Waals surface area contributed by atoms with Gasteiger partial charge in [0.1, 0.15) is 0 Å². The van der Waals surface area contributed by atoms with Crippen molar-refractivity contribution in [2.24, 2.45) is 0 Å². The van der Waals surface area contributed by atoms with Gasteiger partial charge in [-0.25, -0.2) is 0 Å². The molecule has 0 heterocycles. The first-order chi connectivity index (χ1) is 5.68. The molecule has 1 N–H and O–H groups in total. The molecule has 1 aliphatic rings.